The zero-order valence-electron chi connectivity index (χ0n) is 11.7. The first-order valence-electron chi connectivity index (χ1n) is 6.12. The van der Waals surface area contributed by atoms with Crippen LogP contribution in [0.15, 0.2) is 35.4 Å². The molecule has 0 saturated heterocycles. The van der Waals surface area contributed by atoms with Gasteiger partial charge in [-0.2, -0.15) is 9.40 Å². The minimum absolute atomic E-state index is 0.0177. The summed E-state index contributed by atoms with van der Waals surface area (Å²) in [4.78, 5) is 0.0380. The molecule has 0 amide bonds. The molecule has 0 aliphatic heterocycles. The van der Waals surface area contributed by atoms with Crippen molar-refractivity contribution in [1.29, 1.82) is 0 Å². The van der Waals surface area contributed by atoms with Crippen molar-refractivity contribution in [3.63, 3.8) is 0 Å². The van der Waals surface area contributed by atoms with E-state index < -0.39 is 10.0 Å². The van der Waals surface area contributed by atoms with Crippen LogP contribution in [-0.4, -0.2) is 29.6 Å². The second kappa shape index (κ2) is 5.26. The van der Waals surface area contributed by atoms with Crippen LogP contribution in [0.3, 0.4) is 0 Å². The molecule has 2 N–H and O–H groups in total. The third kappa shape index (κ3) is 2.68. The predicted octanol–water partition coefficient (Wildman–Crippen LogP) is 1.13. The maximum Gasteiger partial charge on any atom is 0.248 e. The summed E-state index contributed by atoms with van der Waals surface area (Å²) in [6.45, 7) is 2.25. The maximum atomic E-state index is 12.5. The molecule has 6 nitrogen and oxygen atoms in total. The Labute approximate surface area is 118 Å². The molecule has 0 spiro atoms. The van der Waals surface area contributed by atoms with Gasteiger partial charge in [-0.05, 0) is 18.1 Å². The molecule has 0 fully saturated rings. The summed E-state index contributed by atoms with van der Waals surface area (Å²) < 4.78 is 27.6. The van der Waals surface area contributed by atoms with Crippen LogP contribution in [0.5, 0.6) is 0 Å². The SMILES string of the molecule is Cc1ccccc1CN(C)S(=O)(=O)c1cn(C)nc1N. The number of benzene rings is 1. The molecular formula is C13H18N4O2S. The van der Waals surface area contributed by atoms with E-state index >= 15 is 0 Å². The van der Waals surface area contributed by atoms with Gasteiger partial charge in [0.2, 0.25) is 10.0 Å². The zero-order valence-corrected chi connectivity index (χ0v) is 12.6. The van der Waals surface area contributed by atoms with Crippen molar-refractivity contribution in [2.75, 3.05) is 12.8 Å². The molecule has 0 atom stereocenters. The lowest BCUT2D eigenvalue weighted by Gasteiger charge is -2.17. The fourth-order valence-electron chi connectivity index (χ4n) is 1.96. The Morgan fingerprint density at radius 3 is 2.55 bits per heavy atom. The molecule has 1 aromatic carbocycles. The fraction of sp³-hybridized carbons (Fsp3) is 0.308. The van der Waals surface area contributed by atoms with Gasteiger partial charge in [-0.1, -0.05) is 24.3 Å². The summed E-state index contributed by atoms with van der Waals surface area (Å²) in [6, 6.07) is 7.68. The number of hydrogen-bond acceptors (Lipinski definition) is 4. The highest BCUT2D eigenvalue weighted by Gasteiger charge is 2.26. The van der Waals surface area contributed by atoms with Crippen LogP contribution >= 0.6 is 0 Å². The molecule has 108 valence electrons. The van der Waals surface area contributed by atoms with Crippen LogP contribution < -0.4 is 5.73 Å². The van der Waals surface area contributed by atoms with Crippen molar-refractivity contribution in [2.24, 2.45) is 7.05 Å². The van der Waals surface area contributed by atoms with E-state index in [1.165, 1.54) is 22.2 Å². The molecular weight excluding hydrogens is 276 g/mol. The first kappa shape index (κ1) is 14.5. The van der Waals surface area contributed by atoms with Gasteiger partial charge in [0.15, 0.2) is 5.82 Å². The van der Waals surface area contributed by atoms with Gasteiger partial charge in [0.25, 0.3) is 0 Å². The smallest absolute Gasteiger partial charge is 0.248 e. The number of anilines is 1. The van der Waals surface area contributed by atoms with Crippen LogP contribution in [0, 0.1) is 6.92 Å². The number of aromatic nitrogens is 2. The number of rotatable bonds is 4. The Kier molecular flexibility index (Phi) is 3.82. The number of nitrogens with two attached hydrogens (primary N) is 1. The van der Waals surface area contributed by atoms with E-state index in [9.17, 15) is 8.42 Å². The highest BCUT2D eigenvalue weighted by atomic mass is 32.2. The summed E-state index contributed by atoms with van der Waals surface area (Å²) >= 11 is 0. The Balaban J connectivity index is 2.31. The average molecular weight is 294 g/mol. The van der Waals surface area contributed by atoms with Crippen LogP contribution in [0.2, 0.25) is 0 Å². The van der Waals surface area contributed by atoms with Crippen molar-refractivity contribution < 1.29 is 8.42 Å². The van der Waals surface area contributed by atoms with Crippen LogP contribution in [-0.2, 0) is 23.6 Å². The minimum Gasteiger partial charge on any atom is -0.381 e. The molecule has 0 unspecified atom stereocenters. The number of aryl methyl sites for hydroxylation is 2. The van der Waals surface area contributed by atoms with E-state index in [0.717, 1.165) is 11.1 Å². The second-order valence-corrected chi connectivity index (χ2v) is 6.75. The fourth-order valence-corrected chi connectivity index (χ4v) is 3.20. The Morgan fingerprint density at radius 1 is 1.35 bits per heavy atom. The minimum atomic E-state index is -3.64. The number of nitrogen functional groups attached to an aromatic ring is 1. The Morgan fingerprint density at radius 2 is 2.00 bits per heavy atom. The Bertz CT molecular complexity index is 722. The molecule has 1 aromatic heterocycles. The summed E-state index contributed by atoms with van der Waals surface area (Å²) in [5, 5.41) is 3.87. The van der Waals surface area contributed by atoms with Crippen molar-refractivity contribution in [3.05, 3.63) is 41.6 Å². The lowest BCUT2D eigenvalue weighted by atomic mass is 10.1. The van der Waals surface area contributed by atoms with Crippen LogP contribution in [0.4, 0.5) is 5.82 Å². The summed E-state index contributed by atoms with van der Waals surface area (Å²) in [6.07, 6.45) is 1.42. The van der Waals surface area contributed by atoms with E-state index in [1.54, 1.807) is 7.05 Å². The third-order valence-electron chi connectivity index (χ3n) is 3.16. The molecule has 0 aliphatic carbocycles. The largest absolute Gasteiger partial charge is 0.381 e. The van der Waals surface area contributed by atoms with Crippen molar-refractivity contribution >= 4 is 15.8 Å². The van der Waals surface area contributed by atoms with Crippen molar-refractivity contribution in [1.82, 2.24) is 14.1 Å². The third-order valence-corrected chi connectivity index (χ3v) is 4.98. The molecule has 20 heavy (non-hydrogen) atoms. The number of hydrogen-bond donors (Lipinski definition) is 1. The van der Waals surface area contributed by atoms with Gasteiger partial charge < -0.3 is 5.73 Å². The van der Waals surface area contributed by atoms with Gasteiger partial charge in [0.05, 0.1) is 0 Å². The lowest BCUT2D eigenvalue weighted by molar-refractivity contribution is 0.466. The topological polar surface area (TPSA) is 81.2 Å². The zero-order chi connectivity index (χ0) is 14.9. The van der Waals surface area contributed by atoms with Gasteiger partial charge in [-0.3, -0.25) is 4.68 Å². The van der Waals surface area contributed by atoms with Crippen LogP contribution in [0.1, 0.15) is 11.1 Å². The monoisotopic (exact) mass is 294 g/mol. The molecule has 7 heteroatoms. The van der Waals surface area contributed by atoms with Gasteiger partial charge in [0.1, 0.15) is 4.90 Å². The van der Waals surface area contributed by atoms with Gasteiger partial charge in [0, 0.05) is 26.8 Å². The quantitative estimate of drug-likeness (QED) is 0.916. The van der Waals surface area contributed by atoms with Crippen molar-refractivity contribution in [2.45, 2.75) is 18.4 Å². The molecule has 2 rings (SSSR count). The van der Waals surface area contributed by atoms with Gasteiger partial charge in [-0.25, -0.2) is 8.42 Å². The number of nitrogens with zero attached hydrogens (tertiary/aromatic N) is 3. The normalized spacial score (nSPS) is 12.0. The molecule has 0 bridgehead atoms. The summed E-state index contributed by atoms with van der Waals surface area (Å²) in [5.41, 5.74) is 7.66. The van der Waals surface area contributed by atoms with E-state index in [0.29, 0.717) is 6.54 Å². The number of sulfonamides is 1. The van der Waals surface area contributed by atoms with Gasteiger partial charge in [-0.15, -0.1) is 0 Å². The van der Waals surface area contributed by atoms with Crippen LogP contribution in [0.25, 0.3) is 0 Å². The van der Waals surface area contributed by atoms with E-state index in [2.05, 4.69) is 5.10 Å². The van der Waals surface area contributed by atoms with Crippen molar-refractivity contribution in [3.8, 4) is 0 Å². The standard InChI is InChI=1S/C13H18N4O2S/c1-10-6-4-5-7-11(10)8-17(3)20(18,19)12-9-16(2)15-13(12)14/h4-7,9H,8H2,1-3H3,(H2,14,15). The first-order valence-corrected chi connectivity index (χ1v) is 7.56. The highest BCUT2D eigenvalue weighted by Crippen LogP contribution is 2.21. The molecule has 0 aliphatic rings. The highest BCUT2D eigenvalue weighted by molar-refractivity contribution is 7.89. The maximum absolute atomic E-state index is 12.5. The first-order chi connectivity index (χ1) is 9.32. The lowest BCUT2D eigenvalue weighted by Crippen LogP contribution is -2.27. The van der Waals surface area contributed by atoms with E-state index in [4.69, 9.17) is 5.73 Å². The Hall–Kier alpha value is -1.86. The van der Waals surface area contributed by atoms with Gasteiger partial charge >= 0.3 is 0 Å². The second-order valence-electron chi connectivity index (χ2n) is 4.74. The molecule has 0 saturated carbocycles. The molecule has 1 heterocycles. The summed E-state index contributed by atoms with van der Waals surface area (Å²) in [7, 11) is -0.467. The summed E-state index contributed by atoms with van der Waals surface area (Å²) in [5.74, 6) is 0.0177. The molecule has 0 radical (unpaired) electrons. The predicted molar refractivity (Wildman–Crippen MR) is 77.5 cm³/mol. The van der Waals surface area contributed by atoms with E-state index in [-0.39, 0.29) is 10.7 Å². The average Bonchev–Trinajstić information content (AvgIpc) is 2.72. The van der Waals surface area contributed by atoms with E-state index in [1.807, 2.05) is 31.2 Å². The molecule has 2 aromatic rings.